The first-order valence-corrected chi connectivity index (χ1v) is 8.88. The molecule has 0 bridgehead atoms. The summed E-state index contributed by atoms with van der Waals surface area (Å²) < 4.78 is 5.80. The summed E-state index contributed by atoms with van der Waals surface area (Å²) >= 11 is 0. The number of anilines is 1. The van der Waals surface area contributed by atoms with Crippen LogP contribution in [0, 0.1) is 11.3 Å². The summed E-state index contributed by atoms with van der Waals surface area (Å²) in [5.74, 6) is 0.469. The number of carbonyl (C=O) groups is 2. The highest BCUT2D eigenvalue weighted by atomic mass is 16.5. The maximum absolute atomic E-state index is 13.0. The normalized spacial score (nSPS) is 20.4. The Balaban J connectivity index is 1.56. The van der Waals surface area contributed by atoms with Crippen molar-refractivity contribution >= 4 is 23.2 Å². The molecular formula is C22H20N2O3. The van der Waals surface area contributed by atoms with Crippen molar-refractivity contribution in [2.24, 2.45) is 16.3 Å². The van der Waals surface area contributed by atoms with Gasteiger partial charge in [0.15, 0.2) is 5.78 Å². The van der Waals surface area contributed by atoms with E-state index in [-0.39, 0.29) is 11.7 Å². The molecule has 5 nitrogen and oxygen atoms in total. The van der Waals surface area contributed by atoms with E-state index < -0.39 is 11.3 Å². The van der Waals surface area contributed by atoms with Crippen LogP contribution in [-0.2, 0) is 16.2 Å². The number of amidine groups is 1. The Hall–Kier alpha value is -3.21. The molecule has 2 aliphatic heterocycles. The number of nitrogens with zero attached hydrogens (tertiary/aromatic N) is 2. The molecule has 2 heterocycles. The van der Waals surface area contributed by atoms with Gasteiger partial charge in [-0.15, -0.1) is 0 Å². The molecule has 0 aliphatic carbocycles. The Labute approximate surface area is 158 Å². The topological polar surface area (TPSA) is 59.0 Å². The molecule has 2 aromatic carbocycles. The summed E-state index contributed by atoms with van der Waals surface area (Å²) in [7, 11) is 0. The van der Waals surface area contributed by atoms with E-state index in [1.54, 1.807) is 18.7 Å². The number of hydrogen-bond acceptors (Lipinski definition) is 4. The number of allylic oxidation sites excluding steroid dienone is 1. The Morgan fingerprint density at radius 1 is 1.04 bits per heavy atom. The van der Waals surface area contributed by atoms with Gasteiger partial charge in [-0.3, -0.25) is 14.5 Å². The van der Waals surface area contributed by atoms with Gasteiger partial charge in [0.1, 0.15) is 18.2 Å². The zero-order chi connectivity index (χ0) is 19.0. The number of hydrogen-bond donors (Lipinski definition) is 0. The third kappa shape index (κ3) is 2.95. The fourth-order valence-electron chi connectivity index (χ4n) is 3.55. The van der Waals surface area contributed by atoms with Gasteiger partial charge in [0.05, 0.1) is 17.0 Å². The van der Waals surface area contributed by atoms with E-state index in [0.717, 1.165) is 5.56 Å². The first kappa shape index (κ1) is 17.2. The lowest BCUT2D eigenvalue weighted by atomic mass is 9.78. The molecule has 0 radical (unpaired) electrons. The van der Waals surface area contributed by atoms with E-state index in [9.17, 15) is 9.59 Å². The number of rotatable bonds is 4. The third-order valence-corrected chi connectivity index (χ3v) is 5.04. The van der Waals surface area contributed by atoms with Crippen molar-refractivity contribution in [1.82, 2.24) is 0 Å². The Kier molecular flexibility index (Phi) is 4.15. The number of fused-ring (bicyclic) bond motifs is 1. The average molecular weight is 360 g/mol. The van der Waals surface area contributed by atoms with E-state index in [0.29, 0.717) is 23.9 Å². The van der Waals surface area contributed by atoms with Crippen LogP contribution >= 0.6 is 0 Å². The molecule has 2 aliphatic rings. The van der Waals surface area contributed by atoms with Crippen LogP contribution in [0.15, 0.2) is 71.9 Å². The van der Waals surface area contributed by atoms with E-state index in [1.165, 1.54) is 12.3 Å². The van der Waals surface area contributed by atoms with Crippen LogP contribution in [0.5, 0.6) is 5.75 Å². The van der Waals surface area contributed by atoms with Crippen LogP contribution < -0.4 is 9.64 Å². The van der Waals surface area contributed by atoms with Gasteiger partial charge in [-0.25, -0.2) is 4.99 Å². The van der Waals surface area contributed by atoms with E-state index in [4.69, 9.17) is 4.74 Å². The summed E-state index contributed by atoms with van der Waals surface area (Å²) in [6.07, 6.45) is 2.90. The molecule has 0 aromatic heterocycles. The minimum absolute atomic E-state index is 0.0799. The van der Waals surface area contributed by atoms with Gasteiger partial charge in [-0.2, -0.15) is 0 Å². The van der Waals surface area contributed by atoms with Crippen molar-refractivity contribution in [2.75, 3.05) is 4.90 Å². The number of amides is 1. The number of benzene rings is 2. The predicted octanol–water partition coefficient (Wildman–Crippen LogP) is 3.75. The molecule has 0 saturated carbocycles. The quantitative estimate of drug-likeness (QED) is 0.834. The molecule has 1 amide bonds. The lowest BCUT2D eigenvalue weighted by Gasteiger charge is -2.21. The van der Waals surface area contributed by atoms with Crippen LogP contribution in [0.2, 0.25) is 0 Å². The molecule has 0 N–H and O–H groups in total. The SMILES string of the molecule is CC1(C)C(=O)N(c2ccc(OCc3ccccc3)cc2)C2=NC=CC(=O)C21. The molecule has 27 heavy (non-hydrogen) atoms. The molecule has 1 atom stereocenters. The maximum atomic E-state index is 13.0. The summed E-state index contributed by atoms with van der Waals surface area (Å²) in [6.45, 7) is 4.07. The maximum Gasteiger partial charge on any atom is 0.239 e. The van der Waals surface area contributed by atoms with Crippen LogP contribution in [0.25, 0.3) is 0 Å². The molecule has 1 unspecified atom stereocenters. The Bertz CT molecular complexity index is 943. The van der Waals surface area contributed by atoms with Gasteiger partial charge in [0.2, 0.25) is 5.91 Å². The van der Waals surface area contributed by atoms with Gasteiger partial charge in [-0.1, -0.05) is 30.3 Å². The first-order chi connectivity index (χ1) is 13.0. The van der Waals surface area contributed by atoms with Crippen LogP contribution in [-0.4, -0.2) is 17.5 Å². The minimum Gasteiger partial charge on any atom is -0.489 e. The fraction of sp³-hybridized carbons (Fsp3) is 0.227. The summed E-state index contributed by atoms with van der Waals surface area (Å²) in [4.78, 5) is 31.2. The molecule has 1 saturated heterocycles. The van der Waals surface area contributed by atoms with Crippen LogP contribution in [0.1, 0.15) is 19.4 Å². The van der Waals surface area contributed by atoms with Crippen molar-refractivity contribution in [3.05, 3.63) is 72.4 Å². The average Bonchev–Trinajstić information content (AvgIpc) is 2.88. The monoisotopic (exact) mass is 360 g/mol. The van der Waals surface area contributed by atoms with Crippen molar-refractivity contribution in [3.63, 3.8) is 0 Å². The van der Waals surface area contributed by atoms with Gasteiger partial charge < -0.3 is 4.74 Å². The first-order valence-electron chi connectivity index (χ1n) is 8.88. The highest BCUT2D eigenvalue weighted by molar-refractivity contribution is 6.33. The van der Waals surface area contributed by atoms with Crippen LogP contribution in [0.4, 0.5) is 5.69 Å². The van der Waals surface area contributed by atoms with Crippen molar-refractivity contribution in [3.8, 4) is 5.75 Å². The van der Waals surface area contributed by atoms with Gasteiger partial charge in [0, 0.05) is 12.3 Å². The van der Waals surface area contributed by atoms with E-state index in [1.807, 2.05) is 54.6 Å². The summed E-state index contributed by atoms with van der Waals surface area (Å²) in [6, 6.07) is 17.2. The summed E-state index contributed by atoms with van der Waals surface area (Å²) in [5, 5.41) is 0. The number of ketones is 1. The molecule has 5 heteroatoms. The fourth-order valence-corrected chi connectivity index (χ4v) is 3.55. The van der Waals surface area contributed by atoms with Crippen molar-refractivity contribution in [1.29, 1.82) is 0 Å². The second-order valence-electron chi connectivity index (χ2n) is 7.27. The molecular weight excluding hydrogens is 340 g/mol. The van der Waals surface area contributed by atoms with Gasteiger partial charge in [-0.05, 0) is 43.7 Å². The largest absolute Gasteiger partial charge is 0.489 e. The lowest BCUT2D eigenvalue weighted by Crippen LogP contribution is -2.33. The van der Waals surface area contributed by atoms with Gasteiger partial charge >= 0.3 is 0 Å². The lowest BCUT2D eigenvalue weighted by molar-refractivity contribution is -0.129. The Morgan fingerprint density at radius 2 is 1.74 bits per heavy atom. The minimum atomic E-state index is -0.816. The second-order valence-corrected chi connectivity index (χ2v) is 7.27. The zero-order valence-corrected chi connectivity index (χ0v) is 15.3. The highest BCUT2D eigenvalue weighted by Crippen LogP contribution is 2.42. The molecule has 2 aromatic rings. The smallest absolute Gasteiger partial charge is 0.239 e. The predicted molar refractivity (Wildman–Crippen MR) is 104 cm³/mol. The molecule has 1 fully saturated rings. The highest BCUT2D eigenvalue weighted by Gasteiger charge is 2.55. The number of ether oxygens (including phenoxy) is 1. The van der Waals surface area contributed by atoms with Crippen molar-refractivity contribution in [2.45, 2.75) is 20.5 Å². The second kappa shape index (κ2) is 6.50. The molecule has 136 valence electrons. The Morgan fingerprint density at radius 3 is 2.44 bits per heavy atom. The molecule has 4 rings (SSSR count). The number of aliphatic imine (C=N–C) groups is 1. The molecule has 0 spiro atoms. The standard InChI is InChI=1S/C22H20N2O3/c1-22(2)19-18(25)12-13-23-20(19)24(21(22)26)16-8-10-17(11-9-16)27-14-15-6-4-3-5-7-15/h3-13,19H,14H2,1-2H3. The van der Waals surface area contributed by atoms with E-state index >= 15 is 0 Å². The number of carbonyl (C=O) groups excluding carboxylic acids is 2. The van der Waals surface area contributed by atoms with E-state index in [2.05, 4.69) is 4.99 Å². The van der Waals surface area contributed by atoms with Crippen molar-refractivity contribution < 1.29 is 14.3 Å². The third-order valence-electron chi connectivity index (χ3n) is 5.04. The zero-order valence-electron chi connectivity index (χ0n) is 15.3. The van der Waals surface area contributed by atoms with Gasteiger partial charge in [0.25, 0.3) is 0 Å². The van der Waals surface area contributed by atoms with Crippen LogP contribution in [0.3, 0.4) is 0 Å². The summed E-state index contributed by atoms with van der Waals surface area (Å²) in [5.41, 5.74) is 0.954.